The van der Waals surface area contributed by atoms with Crippen LogP contribution in [0.15, 0.2) is 30.6 Å². The lowest BCUT2D eigenvalue weighted by Gasteiger charge is -2.47. The second-order valence-corrected chi connectivity index (χ2v) is 18.0. The van der Waals surface area contributed by atoms with Crippen molar-refractivity contribution < 1.29 is 51.9 Å². The normalized spacial score (nSPS) is 34.5. The Kier molecular flexibility index (Phi) is 19.5. The molecule has 2 unspecified atom stereocenters. The van der Waals surface area contributed by atoms with Crippen LogP contribution in [0.2, 0.25) is 0 Å². The Morgan fingerprint density at radius 3 is 2.43 bits per heavy atom. The Morgan fingerprint density at radius 1 is 1.11 bits per heavy atom. The number of ketones is 1. The molecule has 2 aromatic rings. The molecule has 3 fully saturated rings. The third-order valence-electron chi connectivity index (χ3n) is 12.8. The zero-order valence-corrected chi connectivity index (χ0v) is 39.6. The largest absolute Gasteiger partial charge is 0.458 e. The van der Waals surface area contributed by atoms with Gasteiger partial charge in [0.1, 0.15) is 35.7 Å². The molecular formula is C44H70FN7O10S. The maximum Gasteiger partial charge on any atom is 0.410 e. The van der Waals surface area contributed by atoms with E-state index < -0.39 is 71.5 Å². The van der Waals surface area contributed by atoms with Gasteiger partial charge < -0.3 is 43.8 Å². The van der Waals surface area contributed by atoms with Gasteiger partial charge in [-0.15, -0.1) is 5.10 Å². The first-order valence-corrected chi connectivity index (χ1v) is 23.1. The molecule has 354 valence electrons. The smallest absolute Gasteiger partial charge is 0.410 e. The molecule has 3 aliphatic rings. The number of hydrogen-bond acceptors (Lipinski definition) is 16. The van der Waals surface area contributed by atoms with Gasteiger partial charge >= 0.3 is 12.1 Å². The highest BCUT2D eigenvalue weighted by Gasteiger charge is 2.59. The van der Waals surface area contributed by atoms with Crippen molar-refractivity contribution >= 4 is 36.3 Å². The molecule has 19 heteroatoms. The molecule has 2 N–H and O–H groups in total. The van der Waals surface area contributed by atoms with Crippen LogP contribution in [-0.4, -0.2) is 160 Å². The van der Waals surface area contributed by atoms with E-state index in [2.05, 4.69) is 20.6 Å². The summed E-state index contributed by atoms with van der Waals surface area (Å²) in [5, 5.41) is 23.6. The van der Waals surface area contributed by atoms with Crippen LogP contribution in [0, 0.1) is 17.8 Å². The molecule has 0 radical (unpaired) electrons. The monoisotopic (exact) mass is 907 g/mol. The summed E-state index contributed by atoms with van der Waals surface area (Å²) in [5.74, 6) is -3.70. The number of aromatic nitrogens is 4. The SMILES string of the molecule is CC[C@H]1OC(=O)[C@H](C)C(=O)[C@H](C)[C@@H](O[C@@H]2O[C@H](C)CC(N(C)C)C2O)[C@](CC=O)(OC)C[C@@H](C)CN[C@H](C)[C@H]2N(CCCCn3cc(-c4ccccn4)nn3)C(=O)O[C@]12C.CSF. The third kappa shape index (κ3) is 12.4. The molecule has 13 atom stereocenters. The van der Waals surface area contributed by atoms with Crippen molar-refractivity contribution in [3.8, 4) is 11.4 Å². The first-order valence-electron chi connectivity index (χ1n) is 22.0. The van der Waals surface area contributed by atoms with Gasteiger partial charge in [0.2, 0.25) is 0 Å². The minimum atomic E-state index is -1.36. The van der Waals surface area contributed by atoms with Gasteiger partial charge in [-0.1, -0.05) is 32.1 Å². The van der Waals surface area contributed by atoms with Crippen molar-refractivity contribution in [1.82, 2.24) is 35.1 Å². The van der Waals surface area contributed by atoms with Crippen LogP contribution in [-0.2, 0) is 44.6 Å². The zero-order valence-electron chi connectivity index (χ0n) is 38.8. The Bertz CT molecular complexity index is 1780. The van der Waals surface area contributed by atoms with E-state index in [4.69, 9.17) is 23.7 Å². The summed E-state index contributed by atoms with van der Waals surface area (Å²) in [5.41, 5.74) is -1.23. The predicted octanol–water partition coefficient (Wildman–Crippen LogP) is 4.90. The number of aldehydes is 1. The van der Waals surface area contributed by atoms with Crippen molar-refractivity contribution in [3.63, 3.8) is 0 Å². The number of likely N-dealkylation sites (N-methyl/N-ethyl adjacent to an activating group) is 1. The number of amides is 1. The predicted molar refractivity (Wildman–Crippen MR) is 235 cm³/mol. The highest BCUT2D eigenvalue weighted by Crippen LogP contribution is 2.41. The number of esters is 1. The number of carbonyl (C=O) groups excluding carboxylic acids is 4. The van der Waals surface area contributed by atoms with Gasteiger partial charge in [-0.25, -0.2) is 4.79 Å². The molecule has 17 nitrogen and oxygen atoms in total. The summed E-state index contributed by atoms with van der Waals surface area (Å²) in [7, 11) is 5.22. The number of Topliss-reactive ketones (excluding diaryl/α,β-unsaturated/α-hetero) is 1. The molecule has 0 aromatic carbocycles. The van der Waals surface area contributed by atoms with Crippen molar-refractivity contribution in [2.75, 3.05) is 40.6 Å². The summed E-state index contributed by atoms with van der Waals surface area (Å²) >= 11 is 0.250. The number of ether oxygens (including phenoxy) is 5. The van der Waals surface area contributed by atoms with Crippen molar-refractivity contribution in [1.29, 1.82) is 0 Å². The molecule has 5 rings (SSSR count). The Morgan fingerprint density at radius 2 is 1.81 bits per heavy atom. The first kappa shape index (κ1) is 52.0. The highest BCUT2D eigenvalue weighted by molar-refractivity contribution is 7.93. The van der Waals surface area contributed by atoms with E-state index in [0.717, 1.165) is 12.0 Å². The van der Waals surface area contributed by atoms with E-state index in [9.17, 15) is 28.2 Å². The van der Waals surface area contributed by atoms with Crippen LogP contribution >= 0.6 is 12.1 Å². The van der Waals surface area contributed by atoms with Crippen molar-refractivity contribution in [2.24, 2.45) is 17.8 Å². The summed E-state index contributed by atoms with van der Waals surface area (Å²) in [6.07, 6.45) is 2.97. The number of aryl methyl sites for hydroxylation is 1. The van der Waals surface area contributed by atoms with Crippen LogP contribution < -0.4 is 5.32 Å². The molecule has 0 aliphatic carbocycles. The minimum absolute atomic E-state index is 0.131. The van der Waals surface area contributed by atoms with Crippen molar-refractivity contribution in [3.05, 3.63) is 30.6 Å². The van der Waals surface area contributed by atoms with E-state index in [1.165, 1.54) is 20.3 Å². The maximum absolute atomic E-state index is 14.5. The third-order valence-corrected chi connectivity index (χ3v) is 12.8. The molecule has 3 saturated heterocycles. The Labute approximate surface area is 376 Å². The van der Waals surface area contributed by atoms with Gasteiger partial charge in [0.15, 0.2) is 17.7 Å². The standard InChI is InChI=1S/C43H67N7O10.CH3FS/c1-11-34-42(7)37(50(41(55)60-42)20-15-14-19-49-25-32(46-47-49)31-16-12-13-18-44-31)30(6)45-24-26(2)23-43(56-10,17-21-51)38(28(4)35(52)29(5)39(54)58-34)59-40-36(53)33(48(8)9)22-27(3)57-40;1-3-2/h12-13,16,18,21,25-30,33-34,36-38,40,45,53H,11,14-15,17,19-20,22-24H2,1-10H3;1H3/t26-,27-,28+,29-,30-,33?,34-,36?,37-,38-,40+,42-,43-;/m1./s1. The molecule has 63 heavy (non-hydrogen) atoms. The van der Waals surface area contributed by atoms with E-state index in [-0.39, 0.29) is 49.1 Å². The first-order chi connectivity index (χ1) is 29.9. The van der Waals surface area contributed by atoms with Gasteiger partial charge in [0.25, 0.3) is 0 Å². The molecule has 3 aliphatic heterocycles. The van der Waals surface area contributed by atoms with Crippen LogP contribution in [0.5, 0.6) is 0 Å². The number of rotatable bonds is 13. The second kappa shape index (κ2) is 23.6. The van der Waals surface area contributed by atoms with Gasteiger partial charge in [-0.2, -0.15) is 3.89 Å². The number of nitrogens with one attached hydrogen (secondary N) is 1. The lowest BCUT2D eigenvalue weighted by molar-refractivity contribution is -0.297. The summed E-state index contributed by atoms with van der Waals surface area (Å²) in [4.78, 5) is 62.8. The fourth-order valence-corrected chi connectivity index (χ4v) is 9.48. The lowest BCUT2D eigenvalue weighted by Crippen LogP contribution is -2.61. The lowest BCUT2D eigenvalue weighted by atomic mass is 9.76. The molecular weight excluding hydrogens is 838 g/mol. The number of halogens is 1. The van der Waals surface area contributed by atoms with E-state index >= 15 is 0 Å². The second-order valence-electron chi connectivity index (χ2n) is 17.7. The number of hydrogen-bond donors (Lipinski definition) is 2. The minimum Gasteiger partial charge on any atom is -0.458 e. The van der Waals surface area contributed by atoms with Gasteiger partial charge in [0, 0.05) is 69.2 Å². The van der Waals surface area contributed by atoms with Gasteiger partial charge in [-0.3, -0.25) is 24.2 Å². The molecule has 5 heterocycles. The topological polar surface area (TPSA) is 197 Å². The number of methoxy groups -OCH3 is 1. The summed E-state index contributed by atoms with van der Waals surface area (Å²) < 4.78 is 43.4. The van der Waals surface area contributed by atoms with E-state index in [0.29, 0.717) is 51.0 Å². The average molecular weight is 908 g/mol. The van der Waals surface area contributed by atoms with E-state index in [1.807, 2.05) is 71.1 Å². The quantitative estimate of drug-likeness (QED) is 0.119. The summed E-state index contributed by atoms with van der Waals surface area (Å²) in [6, 6.07) is 4.38. The van der Waals surface area contributed by atoms with Gasteiger partial charge in [-0.05, 0) is 98.5 Å². The highest BCUT2D eigenvalue weighted by atomic mass is 32.2. The van der Waals surface area contributed by atoms with Gasteiger partial charge in [0.05, 0.1) is 30.1 Å². The number of cyclic esters (lactones) is 1. The maximum atomic E-state index is 14.5. The molecule has 1 amide bonds. The van der Waals surface area contributed by atoms with Crippen molar-refractivity contribution in [2.45, 2.75) is 154 Å². The number of nitrogens with zero attached hydrogens (tertiary/aromatic N) is 6. The van der Waals surface area contributed by atoms with Crippen LogP contribution in [0.25, 0.3) is 11.4 Å². The number of carbonyl (C=O) groups is 4. The van der Waals surface area contributed by atoms with Crippen LogP contribution in [0.1, 0.15) is 87.0 Å². The van der Waals surface area contributed by atoms with Crippen LogP contribution in [0.3, 0.4) is 0 Å². The zero-order chi connectivity index (χ0) is 46.6. The Balaban J connectivity index is 0.00000282. The summed E-state index contributed by atoms with van der Waals surface area (Å²) in [6.45, 7) is 14.0. The number of unbranched alkanes of at least 4 members (excludes halogenated alkanes) is 1. The van der Waals surface area contributed by atoms with E-state index in [1.54, 1.807) is 29.6 Å². The average Bonchev–Trinajstić information content (AvgIpc) is 3.84. The molecule has 0 spiro atoms. The number of aliphatic hydroxyl groups is 1. The molecule has 2 aromatic heterocycles. The van der Waals surface area contributed by atoms with Crippen LogP contribution in [0.4, 0.5) is 8.68 Å². The molecule has 0 bridgehead atoms. The fraction of sp³-hybridized carbons (Fsp3) is 0.750. The fourth-order valence-electron chi connectivity index (χ4n) is 9.48. The number of aliphatic hydroxyl groups excluding tert-OH is 1. The number of pyridine rings is 1. The number of fused-ring (bicyclic) bond motifs is 1. The Hall–Kier alpha value is -3.59. The molecule has 0 saturated carbocycles.